The molecule has 8 heteroatoms. The van der Waals surface area contributed by atoms with Crippen molar-refractivity contribution in [2.75, 3.05) is 7.11 Å². The number of ether oxygens (including phenoxy) is 2. The third-order valence-electron chi connectivity index (χ3n) is 5.36. The molecule has 2 saturated carbocycles. The van der Waals surface area contributed by atoms with Crippen molar-refractivity contribution in [1.82, 2.24) is 10.2 Å². The zero-order valence-corrected chi connectivity index (χ0v) is 17.1. The van der Waals surface area contributed by atoms with Gasteiger partial charge in [0.05, 0.1) is 7.11 Å². The van der Waals surface area contributed by atoms with E-state index in [9.17, 15) is 18.4 Å². The van der Waals surface area contributed by atoms with E-state index < -0.39 is 6.61 Å². The SMILES string of the molecule is COc1cc(C(=O)N(Cc2ccc(C(=O)NC3CC3)cc2)C2CC2)ccc1OC(F)F. The van der Waals surface area contributed by atoms with Crippen LogP contribution in [0.2, 0.25) is 0 Å². The Hall–Kier alpha value is -3.16. The van der Waals surface area contributed by atoms with Crippen LogP contribution >= 0.6 is 0 Å². The van der Waals surface area contributed by atoms with Crippen molar-refractivity contribution in [1.29, 1.82) is 0 Å². The number of rotatable bonds is 9. The van der Waals surface area contributed by atoms with Crippen molar-refractivity contribution in [2.45, 2.75) is 50.9 Å². The first-order chi connectivity index (χ1) is 14.9. The number of benzene rings is 2. The predicted molar refractivity (Wildman–Crippen MR) is 109 cm³/mol. The molecule has 164 valence electrons. The Morgan fingerprint density at radius 1 is 1.03 bits per heavy atom. The molecule has 0 atom stereocenters. The minimum Gasteiger partial charge on any atom is -0.493 e. The second kappa shape index (κ2) is 8.91. The molecular weight excluding hydrogens is 406 g/mol. The standard InChI is InChI=1S/C23H24F2N2O4/c1-30-20-12-16(6-11-19(20)31-23(24)25)22(29)27(18-9-10-18)13-14-2-4-15(5-3-14)21(28)26-17-7-8-17/h2-6,11-12,17-18,23H,7-10,13H2,1H3,(H,26,28). The van der Waals surface area contributed by atoms with Crippen LogP contribution in [0.4, 0.5) is 8.78 Å². The van der Waals surface area contributed by atoms with Crippen molar-refractivity contribution < 1.29 is 27.8 Å². The molecule has 0 aliphatic heterocycles. The number of hydrogen-bond acceptors (Lipinski definition) is 4. The van der Waals surface area contributed by atoms with Crippen molar-refractivity contribution in [3.63, 3.8) is 0 Å². The summed E-state index contributed by atoms with van der Waals surface area (Å²) in [6, 6.07) is 11.9. The van der Waals surface area contributed by atoms with Gasteiger partial charge in [-0.1, -0.05) is 12.1 Å². The Balaban J connectivity index is 1.47. The lowest BCUT2D eigenvalue weighted by molar-refractivity contribution is -0.0512. The normalized spacial score (nSPS) is 15.5. The summed E-state index contributed by atoms with van der Waals surface area (Å²) in [6.45, 7) is -2.58. The number of carbonyl (C=O) groups excluding carboxylic acids is 2. The van der Waals surface area contributed by atoms with E-state index in [0.717, 1.165) is 31.2 Å². The Bertz CT molecular complexity index is 957. The van der Waals surface area contributed by atoms with Gasteiger partial charge in [0.25, 0.3) is 11.8 Å². The highest BCUT2D eigenvalue weighted by molar-refractivity contribution is 5.96. The van der Waals surface area contributed by atoms with E-state index in [0.29, 0.717) is 23.7 Å². The lowest BCUT2D eigenvalue weighted by Crippen LogP contribution is -2.32. The van der Waals surface area contributed by atoms with Gasteiger partial charge in [-0.05, 0) is 61.6 Å². The number of methoxy groups -OCH3 is 1. The molecule has 4 rings (SSSR count). The van der Waals surface area contributed by atoms with Gasteiger partial charge in [0.2, 0.25) is 0 Å². The van der Waals surface area contributed by atoms with Gasteiger partial charge in [-0.2, -0.15) is 8.78 Å². The van der Waals surface area contributed by atoms with Crippen molar-refractivity contribution in [3.8, 4) is 11.5 Å². The van der Waals surface area contributed by atoms with Gasteiger partial charge in [-0.3, -0.25) is 9.59 Å². The molecule has 0 radical (unpaired) electrons. The van der Waals surface area contributed by atoms with E-state index in [1.165, 1.54) is 25.3 Å². The molecule has 2 amide bonds. The van der Waals surface area contributed by atoms with Gasteiger partial charge in [0.15, 0.2) is 11.5 Å². The van der Waals surface area contributed by atoms with Gasteiger partial charge >= 0.3 is 6.61 Å². The molecular formula is C23H24F2N2O4. The summed E-state index contributed by atoms with van der Waals surface area (Å²) < 4.78 is 34.6. The Labute approximate surface area is 179 Å². The van der Waals surface area contributed by atoms with Crippen LogP contribution in [0.5, 0.6) is 11.5 Å². The van der Waals surface area contributed by atoms with Gasteiger partial charge < -0.3 is 19.7 Å². The van der Waals surface area contributed by atoms with Crippen LogP contribution in [0.15, 0.2) is 42.5 Å². The average molecular weight is 430 g/mol. The van der Waals surface area contributed by atoms with E-state index in [4.69, 9.17) is 4.74 Å². The topological polar surface area (TPSA) is 67.9 Å². The Morgan fingerprint density at radius 2 is 1.71 bits per heavy atom. The molecule has 2 aliphatic carbocycles. The first-order valence-corrected chi connectivity index (χ1v) is 10.3. The fraction of sp³-hybridized carbons (Fsp3) is 0.391. The van der Waals surface area contributed by atoms with Crippen molar-refractivity contribution in [2.24, 2.45) is 0 Å². The lowest BCUT2D eigenvalue weighted by atomic mass is 10.1. The molecule has 31 heavy (non-hydrogen) atoms. The van der Waals surface area contributed by atoms with Crippen LogP contribution in [0.1, 0.15) is 52.0 Å². The molecule has 0 heterocycles. The second-order valence-corrected chi connectivity index (χ2v) is 7.85. The molecule has 0 bridgehead atoms. The number of nitrogens with one attached hydrogen (secondary N) is 1. The monoisotopic (exact) mass is 430 g/mol. The summed E-state index contributed by atoms with van der Waals surface area (Å²) in [6.07, 6.45) is 3.89. The molecule has 2 aliphatic rings. The molecule has 2 fully saturated rings. The molecule has 2 aromatic carbocycles. The van der Waals surface area contributed by atoms with Gasteiger partial charge in [0, 0.05) is 29.8 Å². The fourth-order valence-corrected chi connectivity index (χ4v) is 3.37. The highest BCUT2D eigenvalue weighted by atomic mass is 19.3. The highest BCUT2D eigenvalue weighted by Crippen LogP contribution is 2.33. The third-order valence-corrected chi connectivity index (χ3v) is 5.36. The molecule has 6 nitrogen and oxygen atoms in total. The smallest absolute Gasteiger partial charge is 0.387 e. The molecule has 0 spiro atoms. The number of nitrogens with zero attached hydrogens (tertiary/aromatic N) is 1. The van der Waals surface area contributed by atoms with Gasteiger partial charge in [-0.25, -0.2) is 0 Å². The molecule has 0 aromatic heterocycles. The minimum atomic E-state index is -2.98. The van der Waals surface area contributed by atoms with E-state index in [2.05, 4.69) is 10.1 Å². The zero-order valence-electron chi connectivity index (χ0n) is 17.1. The van der Waals surface area contributed by atoms with E-state index >= 15 is 0 Å². The molecule has 0 saturated heterocycles. The van der Waals surface area contributed by atoms with Gasteiger partial charge in [-0.15, -0.1) is 0 Å². The average Bonchev–Trinajstić information content (AvgIpc) is 3.67. The fourth-order valence-electron chi connectivity index (χ4n) is 3.37. The molecule has 1 N–H and O–H groups in total. The quantitative estimate of drug-likeness (QED) is 0.653. The summed E-state index contributed by atoms with van der Waals surface area (Å²) in [4.78, 5) is 27.1. The van der Waals surface area contributed by atoms with Crippen LogP contribution in [0.25, 0.3) is 0 Å². The van der Waals surface area contributed by atoms with Crippen molar-refractivity contribution in [3.05, 3.63) is 59.2 Å². The van der Waals surface area contributed by atoms with Crippen LogP contribution in [0, 0.1) is 0 Å². The van der Waals surface area contributed by atoms with E-state index in [1.54, 1.807) is 17.0 Å². The molecule has 0 unspecified atom stereocenters. The summed E-state index contributed by atoms with van der Waals surface area (Å²) in [7, 11) is 1.33. The van der Waals surface area contributed by atoms with E-state index in [1.807, 2.05) is 12.1 Å². The number of carbonyl (C=O) groups is 2. The number of alkyl halides is 2. The van der Waals surface area contributed by atoms with Crippen molar-refractivity contribution >= 4 is 11.8 Å². The van der Waals surface area contributed by atoms with Crippen LogP contribution in [-0.4, -0.2) is 42.5 Å². The minimum absolute atomic E-state index is 0.0768. The zero-order chi connectivity index (χ0) is 22.0. The summed E-state index contributed by atoms with van der Waals surface area (Å²) in [5, 5.41) is 2.95. The maximum atomic E-state index is 13.2. The van der Waals surface area contributed by atoms with Crippen LogP contribution in [0.3, 0.4) is 0 Å². The largest absolute Gasteiger partial charge is 0.493 e. The first kappa shape index (κ1) is 21.1. The number of halogens is 2. The van der Waals surface area contributed by atoms with Crippen LogP contribution < -0.4 is 14.8 Å². The molecule has 2 aromatic rings. The number of hydrogen-bond donors (Lipinski definition) is 1. The highest BCUT2D eigenvalue weighted by Gasteiger charge is 2.33. The maximum Gasteiger partial charge on any atom is 0.387 e. The Morgan fingerprint density at radius 3 is 2.29 bits per heavy atom. The number of amides is 2. The second-order valence-electron chi connectivity index (χ2n) is 7.85. The Kier molecular flexibility index (Phi) is 6.06. The van der Waals surface area contributed by atoms with E-state index in [-0.39, 0.29) is 29.4 Å². The van der Waals surface area contributed by atoms with Gasteiger partial charge in [0.1, 0.15) is 0 Å². The predicted octanol–water partition coefficient (Wildman–Crippen LogP) is 3.99. The third kappa shape index (κ3) is 5.31. The van der Waals surface area contributed by atoms with Crippen LogP contribution in [-0.2, 0) is 6.54 Å². The first-order valence-electron chi connectivity index (χ1n) is 10.3. The summed E-state index contributed by atoms with van der Waals surface area (Å²) in [5.41, 5.74) is 1.85. The maximum absolute atomic E-state index is 13.2. The summed E-state index contributed by atoms with van der Waals surface area (Å²) >= 11 is 0. The summed E-state index contributed by atoms with van der Waals surface area (Å²) in [5.74, 6) is -0.331. The lowest BCUT2D eigenvalue weighted by Gasteiger charge is -2.23.